The highest BCUT2D eigenvalue weighted by Gasteiger charge is 2.37. The van der Waals surface area contributed by atoms with Crippen molar-refractivity contribution in [2.45, 2.75) is 25.9 Å². The van der Waals surface area contributed by atoms with Gasteiger partial charge < -0.3 is 14.9 Å². The molecule has 2 fully saturated rings. The lowest BCUT2D eigenvalue weighted by molar-refractivity contribution is -0.135. The maximum absolute atomic E-state index is 12.0. The second-order valence-electron chi connectivity index (χ2n) is 4.56. The van der Waals surface area contributed by atoms with Crippen LogP contribution in [0.1, 0.15) is 19.8 Å². The molecule has 5 heteroatoms. The van der Waals surface area contributed by atoms with Crippen LogP contribution in [0.4, 0.5) is 0 Å². The summed E-state index contributed by atoms with van der Waals surface area (Å²) in [6, 6.07) is 0. The van der Waals surface area contributed by atoms with E-state index >= 15 is 0 Å². The molecule has 2 atom stereocenters. The van der Waals surface area contributed by atoms with Crippen molar-refractivity contribution >= 4 is 11.8 Å². The van der Waals surface area contributed by atoms with Gasteiger partial charge in [0.2, 0.25) is 11.8 Å². The maximum atomic E-state index is 12.0. The lowest BCUT2D eigenvalue weighted by Crippen LogP contribution is -2.36. The summed E-state index contributed by atoms with van der Waals surface area (Å²) in [5, 5.41) is 9.37. The predicted molar refractivity (Wildman–Crippen MR) is 57.6 cm³/mol. The quantitative estimate of drug-likeness (QED) is 0.687. The second kappa shape index (κ2) is 4.41. The molecule has 0 spiro atoms. The van der Waals surface area contributed by atoms with Crippen molar-refractivity contribution in [3.63, 3.8) is 0 Å². The zero-order valence-electron chi connectivity index (χ0n) is 9.56. The summed E-state index contributed by atoms with van der Waals surface area (Å²) in [7, 11) is 0. The fourth-order valence-electron chi connectivity index (χ4n) is 2.44. The molecule has 16 heavy (non-hydrogen) atoms. The van der Waals surface area contributed by atoms with Gasteiger partial charge in [-0.05, 0) is 13.3 Å². The largest absolute Gasteiger partial charge is 0.391 e. The summed E-state index contributed by atoms with van der Waals surface area (Å²) in [6.07, 6.45) is 0.603. The standard InChI is InChI=1S/C11H18N2O3/c1-2-12-6-8(5-10(12)15)11(16)13-4-3-9(14)7-13/h8-9,14H,2-7H2,1H3/t8?,9-/m0/s1. The molecular formula is C11H18N2O3. The van der Waals surface area contributed by atoms with Gasteiger partial charge >= 0.3 is 0 Å². The Kier molecular flexibility index (Phi) is 3.14. The summed E-state index contributed by atoms with van der Waals surface area (Å²) < 4.78 is 0. The molecular weight excluding hydrogens is 208 g/mol. The van der Waals surface area contributed by atoms with Gasteiger partial charge in [0.25, 0.3) is 0 Å². The van der Waals surface area contributed by atoms with E-state index in [1.54, 1.807) is 9.80 Å². The van der Waals surface area contributed by atoms with Crippen LogP contribution in [0.2, 0.25) is 0 Å². The number of rotatable bonds is 2. The molecule has 2 rings (SSSR count). The summed E-state index contributed by atoms with van der Waals surface area (Å²) in [5.74, 6) is -0.0980. The van der Waals surface area contributed by atoms with E-state index in [0.29, 0.717) is 39.0 Å². The van der Waals surface area contributed by atoms with Crippen LogP contribution in [0.5, 0.6) is 0 Å². The zero-order valence-corrected chi connectivity index (χ0v) is 9.56. The second-order valence-corrected chi connectivity index (χ2v) is 4.56. The topological polar surface area (TPSA) is 60.9 Å². The van der Waals surface area contributed by atoms with Crippen molar-refractivity contribution in [2.75, 3.05) is 26.2 Å². The zero-order chi connectivity index (χ0) is 11.7. The molecule has 2 heterocycles. The molecule has 90 valence electrons. The van der Waals surface area contributed by atoms with Gasteiger partial charge in [-0.1, -0.05) is 0 Å². The highest BCUT2D eigenvalue weighted by Crippen LogP contribution is 2.22. The first kappa shape index (κ1) is 11.4. The lowest BCUT2D eigenvalue weighted by Gasteiger charge is -2.20. The van der Waals surface area contributed by atoms with E-state index in [1.807, 2.05) is 6.92 Å². The number of carbonyl (C=O) groups is 2. The molecule has 5 nitrogen and oxygen atoms in total. The average Bonchev–Trinajstić information content (AvgIpc) is 2.83. The van der Waals surface area contributed by atoms with Crippen molar-refractivity contribution in [3.05, 3.63) is 0 Å². The minimum atomic E-state index is -0.386. The van der Waals surface area contributed by atoms with E-state index in [2.05, 4.69) is 0 Å². The SMILES string of the molecule is CCN1CC(C(=O)N2CC[C@H](O)C2)CC1=O. The van der Waals surface area contributed by atoms with Gasteiger partial charge in [0, 0.05) is 32.6 Å². The Morgan fingerprint density at radius 1 is 1.50 bits per heavy atom. The predicted octanol–water partition coefficient (Wildman–Crippen LogP) is -0.552. The first-order valence-electron chi connectivity index (χ1n) is 5.86. The van der Waals surface area contributed by atoms with Gasteiger partial charge in [-0.3, -0.25) is 9.59 Å². The lowest BCUT2D eigenvalue weighted by atomic mass is 10.1. The molecule has 0 bridgehead atoms. The summed E-state index contributed by atoms with van der Waals surface area (Å²) >= 11 is 0. The number of hydrogen-bond donors (Lipinski definition) is 1. The molecule has 0 saturated carbocycles. The number of hydrogen-bond acceptors (Lipinski definition) is 3. The number of likely N-dealkylation sites (tertiary alicyclic amines) is 2. The van der Waals surface area contributed by atoms with Crippen LogP contribution in [0.15, 0.2) is 0 Å². The van der Waals surface area contributed by atoms with Crippen molar-refractivity contribution in [1.29, 1.82) is 0 Å². The molecule has 2 amide bonds. The van der Waals surface area contributed by atoms with Gasteiger partial charge in [0.05, 0.1) is 12.0 Å². The normalized spacial score (nSPS) is 30.2. The van der Waals surface area contributed by atoms with E-state index in [-0.39, 0.29) is 23.8 Å². The van der Waals surface area contributed by atoms with Gasteiger partial charge in [-0.25, -0.2) is 0 Å². The Labute approximate surface area is 95.0 Å². The summed E-state index contributed by atoms with van der Waals surface area (Å²) in [4.78, 5) is 26.9. The van der Waals surface area contributed by atoms with Crippen molar-refractivity contribution < 1.29 is 14.7 Å². The first-order chi connectivity index (χ1) is 7.61. The molecule has 0 aromatic heterocycles. The number of carbonyl (C=O) groups excluding carboxylic acids is 2. The Balaban J connectivity index is 1.94. The molecule has 2 aliphatic rings. The summed E-state index contributed by atoms with van der Waals surface area (Å²) in [6.45, 7) is 4.18. The fourth-order valence-corrected chi connectivity index (χ4v) is 2.44. The minimum absolute atomic E-state index is 0.0286. The van der Waals surface area contributed by atoms with Crippen LogP contribution in [-0.2, 0) is 9.59 Å². The Hall–Kier alpha value is -1.10. The van der Waals surface area contributed by atoms with E-state index < -0.39 is 0 Å². The highest BCUT2D eigenvalue weighted by molar-refractivity contribution is 5.89. The average molecular weight is 226 g/mol. The molecule has 0 radical (unpaired) electrons. The number of nitrogens with zero attached hydrogens (tertiary/aromatic N) is 2. The molecule has 1 unspecified atom stereocenters. The summed E-state index contributed by atoms with van der Waals surface area (Å²) in [5.41, 5.74) is 0. The van der Waals surface area contributed by atoms with E-state index in [9.17, 15) is 14.7 Å². The number of β-amino-alcohol motifs (C(OH)–C–C–N with tert-alkyl or cyclic N) is 1. The van der Waals surface area contributed by atoms with E-state index in [1.165, 1.54) is 0 Å². The molecule has 2 saturated heterocycles. The Morgan fingerprint density at radius 2 is 2.25 bits per heavy atom. The van der Waals surface area contributed by atoms with Gasteiger partial charge in [0.1, 0.15) is 0 Å². The van der Waals surface area contributed by atoms with Crippen LogP contribution in [-0.4, -0.2) is 59.0 Å². The van der Waals surface area contributed by atoms with Crippen LogP contribution >= 0.6 is 0 Å². The number of aliphatic hydroxyl groups excluding tert-OH is 1. The van der Waals surface area contributed by atoms with E-state index in [0.717, 1.165) is 0 Å². The number of aliphatic hydroxyl groups is 1. The smallest absolute Gasteiger partial charge is 0.228 e. The molecule has 0 aromatic rings. The third-order valence-corrected chi connectivity index (χ3v) is 3.42. The first-order valence-corrected chi connectivity index (χ1v) is 5.86. The minimum Gasteiger partial charge on any atom is -0.391 e. The van der Waals surface area contributed by atoms with Crippen LogP contribution in [0.3, 0.4) is 0 Å². The van der Waals surface area contributed by atoms with Crippen molar-refractivity contribution in [2.24, 2.45) is 5.92 Å². The monoisotopic (exact) mass is 226 g/mol. The number of amides is 2. The maximum Gasteiger partial charge on any atom is 0.228 e. The molecule has 0 aromatic carbocycles. The van der Waals surface area contributed by atoms with Crippen molar-refractivity contribution in [1.82, 2.24) is 9.80 Å². The van der Waals surface area contributed by atoms with Gasteiger partial charge in [0.15, 0.2) is 0 Å². The van der Waals surface area contributed by atoms with E-state index in [4.69, 9.17) is 0 Å². The fraction of sp³-hybridized carbons (Fsp3) is 0.818. The Morgan fingerprint density at radius 3 is 2.75 bits per heavy atom. The Bertz CT molecular complexity index is 306. The molecule has 0 aliphatic carbocycles. The highest BCUT2D eigenvalue weighted by atomic mass is 16.3. The third-order valence-electron chi connectivity index (χ3n) is 3.42. The van der Waals surface area contributed by atoms with Crippen LogP contribution in [0.25, 0.3) is 0 Å². The van der Waals surface area contributed by atoms with Crippen LogP contribution in [0, 0.1) is 5.92 Å². The molecule has 1 N–H and O–H groups in total. The third kappa shape index (κ3) is 2.04. The van der Waals surface area contributed by atoms with Crippen LogP contribution < -0.4 is 0 Å². The van der Waals surface area contributed by atoms with Gasteiger partial charge in [-0.2, -0.15) is 0 Å². The van der Waals surface area contributed by atoms with Crippen molar-refractivity contribution in [3.8, 4) is 0 Å². The molecule has 2 aliphatic heterocycles. The van der Waals surface area contributed by atoms with Gasteiger partial charge in [-0.15, -0.1) is 0 Å².